The van der Waals surface area contributed by atoms with Gasteiger partial charge in [-0.2, -0.15) is 0 Å². The number of aromatic nitrogens is 2. The van der Waals surface area contributed by atoms with Crippen LogP contribution < -0.4 is 5.73 Å². The van der Waals surface area contributed by atoms with Gasteiger partial charge in [-0.3, -0.25) is 9.97 Å². The number of hydrogen-bond donors (Lipinski definition) is 1. The molecule has 0 aliphatic rings. The summed E-state index contributed by atoms with van der Waals surface area (Å²) in [4.78, 5) is 8.47. The summed E-state index contributed by atoms with van der Waals surface area (Å²) in [5.74, 6) is 0. The van der Waals surface area contributed by atoms with Crippen molar-refractivity contribution in [2.45, 2.75) is 0 Å². The first kappa shape index (κ1) is 9.78. The van der Waals surface area contributed by atoms with Crippen LogP contribution >= 0.6 is 0 Å². The predicted octanol–water partition coefficient (Wildman–Crippen LogP) is 2.88. The van der Waals surface area contributed by atoms with Crippen LogP contribution in [0.1, 0.15) is 0 Å². The normalized spacial score (nSPS) is 10.6. The van der Waals surface area contributed by atoms with Crippen molar-refractivity contribution in [2.24, 2.45) is 0 Å². The highest BCUT2D eigenvalue weighted by Crippen LogP contribution is 2.26. The lowest BCUT2D eigenvalue weighted by Crippen LogP contribution is -1.89. The molecule has 3 aromatic rings. The van der Waals surface area contributed by atoms with Gasteiger partial charge in [-0.15, -0.1) is 0 Å². The molecule has 2 N–H and O–H groups in total. The number of rotatable bonds is 1. The van der Waals surface area contributed by atoms with Crippen LogP contribution in [0.25, 0.3) is 22.0 Å². The number of nitrogens with zero attached hydrogens (tertiary/aromatic N) is 2. The van der Waals surface area contributed by atoms with Gasteiger partial charge in [-0.05, 0) is 23.6 Å². The first-order valence-corrected chi connectivity index (χ1v) is 5.39. The number of hydrogen-bond acceptors (Lipinski definition) is 3. The van der Waals surface area contributed by atoms with Crippen LogP contribution in [-0.2, 0) is 0 Å². The second-order valence-corrected chi connectivity index (χ2v) is 3.88. The Morgan fingerprint density at radius 1 is 0.941 bits per heavy atom. The van der Waals surface area contributed by atoms with E-state index in [2.05, 4.69) is 16.0 Å². The molecule has 0 amide bonds. The van der Waals surface area contributed by atoms with E-state index in [9.17, 15) is 0 Å². The number of benzene rings is 1. The lowest BCUT2D eigenvalue weighted by molar-refractivity contribution is 1.33. The zero-order valence-corrected chi connectivity index (χ0v) is 9.17. The molecule has 0 bridgehead atoms. The highest BCUT2D eigenvalue weighted by atomic mass is 14.7. The summed E-state index contributed by atoms with van der Waals surface area (Å²) in [6, 6.07) is 11.9. The molecule has 3 rings (SSSR count). The van der Waals surface area contributed by atoms with Crippen molar-refractivity contribution < 1.29 is 0 Å². The van der Waals surface area contributed by atoms with Crippen molar-refractivity contribution in [2.75, 3.05) is 5.73 Å². The average molecular weight is 221 g/mol. The Labute approximate surface area is 98.9 Å². The van der Waals surface area contributed by atoms with Crippen LogP contribution in [0.2, 0.25) is 0 Å². The van der Waals surface area contributed by atoms with Crippen molar-refractivity contribution >= 4 is 16.5 Å². The Balaban J connectivity index is 2.27. The van der Waals surface area contributed by atoms with Gasteiger partial charge in [0.1, 0.15) is 0 Å². The van der Waals surface area contributed by atoms with E-state index in [0.717, 1.165) is 22.0 Å². The van der Waals surface area contributed by atoms with E-state index in [0.29, 0.717) is 5.69 Å². The highest BCUT2D eigenvalue weighted by molar-refractivity contribution is 5.95. The smallest absolute Gasteiger partial charge is 0.0709 e. The molecular formula is C14H11N3. The molecule has 0 spiro atoms. The largest absolute Gasteiger partial charge is 0.397 e. The van der Waals surface area contributed by atoms with E-state index in [1.165, 1.54) is 0 Å². The predicted molar refractivity (Wildman–Crippen MR) is 69.4 cm³/mol. The molecule has 0 fully saturated rings. The third-order valence-electron chi connectivity index (χ3n) is 2.74. The van der Waals surface area contributed by atoms with Gasteiger partial charge in [0.15, 0.2) is 0 Å². The van der Waals surface area contributed by atoms with Gasteiger partial charge >= 0.3 is 0 Å². The van der Waals surface area contributed by atoms with E-state index in [-0.39, 0.29) is 0 Å². The second kappa shape index (κ2) is 3.87. The van der Waals surface area contributed by atoms with Crippen molar-refractivity contribution in [3.05, 3.63) is 55.0 Å². The lowest BCUT2D eigenvalue weighted by Gasteiger charge is -2.05. The van der Waals surface area contributed by atoms with E-state index in [1.54, 1.807) is 12.4 Å². The van der Waals surface area contributed by atoms with Crippen molar-refractivity contribution in [1.82, 2.24) is 9.97 Å². The Morgan fingerprint density at radius 3 is 2.71 bits per heavy atom. The molecule has 0 aliphatic carbocycles. The molecule has 1 aromatic carbocycles. The quantitative estimate of drug-likeness (QED) is 0.687. The van der Waals surface area contributed by atoms with Gasteiger partial charge in [0.05, 0.1) is 17.6 Å². The number of nitrogen functional groups attached to an aromatic ring is 1. The zero-order chi connectivity index (χ0) is 11.7. The van der Waals surface area contributed by atoms with Crippen LogP contribution in [0.15, 0.2) is 55.0 Å². The molecule has 0 unspecified atom stereocenters. The van der Waals surface area contributed by atoms with Crippen molar-refractivity contribution in [3.63, 3.8) is 0 Å². The molecule has 0 atom stereocenters. The third kappa shape index (κ3) is 1.72. The van der Waals surface area contributed by atoms with Gasteiger partial charge in [-0.1, -0.05) is 18.2 Å². The molecule has 0 saturated heterocycles. The fraction of sp³-hybridized carbons (Fsp3) is 0. The molecule has 2 heterocycles. The summed E-state index contributed by atoms with van der Waals surface area (Å²) >= 11 is 0. The van der Waals surface area contributed by atoms with Gasteiger partial charge < -0.3 is 5.73 Å². The van der Waals surface area contributed by atoms with E-state index in [1.807, 2.05) is 36.5 Å². The molecule has 0 radical (unpaired) electrons. The van der Waals surface area contributed by atoms with Crippen LogP contribution in [0, 0.1) is 0 Å². The lowest BCUT2D eigenvalue weighted by atomic mass is 10.0. The minimum Gasteiger partial charge on any atom is -0.397 e. The molecule has 0 saturated carbocycles. The standard InChI is InChI=1S/C14H11N3/c15-11-4-5-14(17-9-11)13-3-1-2-10-8-16-7-6-12(10)13/h1-9H,15H2. The average Bonchev–Trinajstić information content (AvgIpc) is 2.39. The third-order valence-corrected chi connectivity index (χ3v) is 2.74. The number of pyridine rings is 2. The van der Waals surface area contributed by atoms with Crippen molar-refractivity contribution in [1.29, 1.82) is 0 Å². The molecule has 3 nitrogen and oxygen atoms in total. The minimum atomic E-state index is 0.677. The summed E-state index contributed by atoms with van der Waals surface area (Å²) in [6.45, 7) is 0. The summed E-state index contributed by atoms with van der Waals surface area (Å²) in [5, 5.41) is 2.27. The molecule has 17 heavy (non-hydrogen) atoms. The van der Waals surface area contributed by atoms with Crippen molar-refractivity contribution in [3.8, 4) is 11.3 Å². The second-order valence-electron chi connectivity index (χ2n) is 3.88. The Hall–Kier alpha value is -2.42. The van der Waals surface area contributed by atoms with Crippen LogP contribution in [-0.4, -0.2) is 9.97 Å². The summed E-state index contributed by atoms with van der Waals surface area (Å²) in [7, 11) is 0. The SMILES string of the molecule is Nc1ccc(-c2cccc3cnccc23)nc1. The number of nitrogens with two attached hydrogens (primary N) is 1. The summed E-state index contributed by atoms with van der Waals surface area (Å²) < 4.78 is 0. The first-order valence-electron chi connectivity index (χ1n) is 5.39. The van der Waals surface area contributed by atoms with Crippen LogP contribution in [0.5, 0.6) is 0 Å². The van der Waals surface area contributed by atoms with Crippen LogP contribution in [0.4, 0.5) is 5.69 Å². The summed E-state index contributed by atoms with van der Waals surface area (Å²) in [6.07, 6.45) is 5.33. The molecule has 2 aromatic heterocycles. The van der Waals surface area contributed by atoms with E-state index < -0.39 is 0 Å². The minimum absolute atomic E-state index is 0.677. The van der Waals surface area contributed by atoms with E-state index in [4.69, 9.17) is 5.73 Å². The van der Waals surface area contributed by atoms with Gasteiger partial charge in [0.2, 0.25) is 0 Å². The molecular weight excluding hydrogens is 210 g/mol. The Morgan fingerprint density at radius 2 is 1.88 bits per heavy atom. The first-order chi connectivity index (χ1) is 8.34. The Bertz CT molecular complexity index is 654. The molecule has 3 heteroatoms. The van der Waals surface area contributed by atoms with Crippen LogP contribution in [0.3, 0.4) is 0 Å². The summed E-state index contributed by atoms with van der Waals surface area (Å²) in [5.41, 5.74) is 8.35. The maximum absolute atomic E-state index is 5.64. The zero-order valence-electron chi connectivity index (χ0n) is 9.17. The number of fused-ring (bicyclic) bond motifs is 1. The van der Waals surface area contributed by atoms with Gasteiger partial charge in [0, 0.05) is 23.3 Å². The Kier molecular flexibility index (Phi) is 2.22. The molecule has 82 valence electrons. The molecule has 0 aliphatic heterocycles. The van der Waals surface area contributed by atoms with E-state index >= 15 is 0 Å². The fourth-order valence-corrected chi connectivity index (χ4v) is 1.91. The maximum atomic E-state index is 5.64. The van der Waals surface area contributed by atoms with Gasteiger partial charge in [0.25, 0.3) is 0 Å². The fourth-order valence-electron chi connectivity index (χ4n) is 1.91. The number of anilines is 1. The monoisotopic (exact) mass is 221 g/mol. The van der Waals surface area contributed by atoms with Gasteiger partial charge in [-0.25, -0.2) is 0 Å². The maximum Gasteiger partial charge on any atom is 0.0709 e. The topological polar surface area (TPSA) is 51.8 Å². The highest BCUT2D eigenvalue weighted by Gasteiger charge is 2.03.